The zero-order valence-electron chi connectivity index (χ0n) is 10.6. The van der Waals surface area contributed by atoms with E-state index in [0.29, 0.717) is 6.04 Å². The summed E-state index contributed by atoms with van der Waals surface area (Å²) in [6.07, 6.45) is 2.14. The summed E-state index contributed by atoms with van der Waals surface area (Å²) in [6.45, 7) is 2.20. The standard InChI is InChI=1S/C16H18ClN/c1-2-15(12-13-6-4-3-5-7-13)18-16-10-8-14(17)9-11-16/h3-11,15,18H,2,12H2,1H3. The SMILES string of the molecule is CCC(Cc1ccccc1)Nc1ccc(Cl)cc1. The van der Waals surface area contributed by atoms with Gasteiger partial charge in [-0.05, 0) is 42.7 Å². The fraction of sp³-hybridized carbons (Fsp3) is 0.250. The molecule has 18 heavy (non-hydrogen) atoms. The van der Waals surface area contributed by atoms with E-state index in [9.17, 15) is 0 Å². The highest BCUT2D eigenvalue weighted by Gasteiger charge is 2.06. The van der Waals surface area contributed by atoms with Gasteiger partial charge in [0, 0.05) is 16.8 Å². The van der Waals surface area contributed by atoms with E-state index in [1.807, 2.05) is 24.3 Å². The van der Waals surface area contributed by atoms with Gasteiger partial charge in [-0.25, -0.2) is 0 Å². The minimum absolute atomic E-state index is 0.452. The lowest BCUT2D eigenvalue weighted by Gasteiger charge is -2.18. The van der Waals surface area contributed by atoms with Gasteiger partial charge in [0.2, 0.25) is 0 Å². The average molecular weight is 260 g/mol. The normalized spacial score (nSPS) is 12.1. The Morgan fingerprint density at radius 1 is 1.00 bits per heavy atom. The second kappa shape index (κ2) is 6.46. The molecule has 2 aromatic carbocycles. The van der Waals surface area contributed by atoms with Gasteiger partial charge < -0.3 is 5.32 Å². The van der Waals surface area contributed by atoms with E-state index in [2.05, 4.69) is 42.6 Å². The lowest BCUT2D eigenvalue weighted by molar-refractivity contribution is 0.690. The van der Waals surface area contributed by atoms with Crippen molar-refractivity contribution in [3.8, 4) is 0 Å². The van der Waals surface area contributed by atoms with Crippen molar-refractivity contribution < 1.29 is 0 Å². The lowest BCUT2D eigenvalue weighted by atomic mass is 10.0. The van der Waals surface area contributed by atoms with Crippen LogP contribution in [0.25, 0.3) is 0 Å². The van der Waals surface area contributed by atoms with E-state index < -0.39 is 0 Å². The van der Waals surface area contributed by atoms with Gasteiger partial charge in [0.15, 0.2) is 0 Å². The first-order chi connectivity index (χ1) is 8.78. The van der Waals surface area contributed by atoms with Gasteiger partial charge in [0.05, 0.1) is 0 Å². The maximum Gasteiger partial charge on any atom is 0.0407 e. The van der Waals surface area contributed by atoms with E-state index in [1.165, 1.54) is 5.56 Å². The van der Waals surface area contributed by atoms with Gasteiger partial charge in [-0.3, -0.25) is 0 Å². The van der Waals surface area contributed by atoms with Crippen LogP contribution in [0.3, 0.4) is 0 Å². The third-order valence-corrected chi connectivity index (χ3v) is 3.28. The minimum atomic E-state index is 0.452. The Morgan fingerprint density at radius 2 is 1.67 bits per heavy atom. The maximum atomic E-state index is 5.88. The van der Waals surface area contributed by atoms with Crippen LogP contribution >= 0.6 is 11.6 Å². The second-order valence-corrected chi connectivity index (χ2v) is 4.88. The fourth-order valence-corrected chi connectivity index (χ4v) is 2.10. The van der Waals surface area contributed by atoms with E-state index >= 15 is 0 Å². The summed E-state index contributed by atoms with van der Waals surface area (Å²) in [5.41, 5.74) is 2.49. The van der Waals surface area contributed by atoms with Gasteiger partial charge in [-0.1, -0.05) is 48.9 Å². The fourth-order valence-electron chi connectivity index (χ4n) is 1.98. The summed E-state index contributed by atoms with van der Waals surface area (Å²) >= 11 is 5.88. The van der Waals surface area contributed by atoms with Crippen molar-refractivity contribution in [3.63, 3.8) is 0 Å². The Hall–Kier alpha value is -1.47. The van der Waals surface area contributed by atoms with Crippen LogP contribution in [-0.4, -0.2) is 6.04 Å². The number of rotatable bonds is 5. The number of hydrogen-bond donors (Lipinski definition) is 1. The molecule has 0 spiro atoms. The second-order valence-electron chi connectivity index (χ2n) is 4.45. The smallest absolute Gasteiger partial charge is 0.0407 e. The highest BCUT2D eigenvalue weighted by atomic mass is 35.5. The molecule has 0 aliphatic rings. The van der Waals surface area contributed by atoms with E-state index in [0.717, 1.165) is 23.6 Å². The third kappa shape index (κ3) is 3.78. The van der Waals surface area contributed by atoms with Crippen molar-refractivity contribution in [2.24, 2.45) is 0 Å². The quantitative estimate of drug-likeness (QED) is 0.815. The molecule has 1 N–H and O–H groups in total. The number of hydrogen-bond acceptors (Lipinski definition) is 1. The van der Waals surface area contributed by atoms with Crippen LogP contribution in [0.4, 0.5) is 5.69 Å². The molecule has 1 nitrogen and oxygen atoms in total. The molecule has 1 unspecified atom stereocenters. The molecule has 1 atom stereocenters. The number of nitrogens with one attached hydrogen (secondary N) is 1. The van der Waals surface area contributed by atoms with E-state index in [4.69, 9.17) is 11.6 Å². The van der Waals surface area contributed by atoms with Gasteiger partial charge in [0.1, 0.15) is 0 Å². The summed E-state index contributed by atoms with van der Waals surface area (Å²) < 4.78 is 0. The van der Waals surface area contributed by atoms with Crippen molar-refractivity contribution in [1.29, 1.82) is 0 Å². The maximum absolute atomic E-state index is 5.88. The summed E-state index contributed by atoms with van der Waals surface area (Å²) in [6, 6.07) is 18.9. The van der Waals surface area contributed by atoms with Gasteiger partial charge in [-0.2, -0.15) is 0 Å². The Morgan fingerprint density at radius 3 is 2.28 bits per heavy atom. The molecule has 0 aromatic heterocycles. The molecule has 2 aromatic rings. The molecule has 2 heteroatoms. The van der Waals surface area contributed by atoms with Crippen molar-refractivity contribution in [2.75, 3.05) is 5.32 Å². The molecule has 0 heterocycles. The molecule has 0 saturated carbocycles. The molecule has 2 rings (SSSR count). The number of benzene rings is 2. The first-order valence-corrected chi connectivity index (χ1v) is 6.71. The largest absolute Gasteiger partial charge is 0.382 e. The first-order valence-electron chi connectivity index (χ1n) is 6.34. The molecule has 0 radical (unpaired) electrons. The van der Waals surface area contributed by atoms with Gasteiger partial charge in [0.25, 0.3) is 0 Å². The van der Waals surface area contributed by atoms with Crippen molar-refractivity contribution >= 4 is 17.3 Å². The van der Waals surface area contributed by atoms with Crippen LogP contribution < -0.4 is 5.32 Å². The zero-order valence-corrected chi connectivity index (χ0v) is 11.3. The lowest BCUT2D eigenvalue weighted by Crippen LogP contribution is -2.21. The minimum Gasteiger partial charge on any atom is -0.382 e. The molecule has 0 aliphatic heterocycles. The van der Waals surface area contributed by atoms with Crippen LogP contribution in [0.2, 0.25) is 5.02 Å². The molecule has 0 aliphatic carbocycles. The highest BCUT2D eigenvalue weighted by Crippen LogP contribution is 2.16. The zero-order chi connectivity index (χ0) is 12.8. The predicted octanol–water partition coefficient (Wildman–Crippen LogP) is 4.77. The Labute approximate surface area is 114 Å². The summed E-state index contributed by atoms with van der Waals surface area (Å²) in [4.78, 5) is 0. The van der Waals surface area contributed by atoms with Crippen molar-refractivity contribution in [3.05, 3.63) is 65.2 Å². The van der Waals surface area contributed by atoms with Gasteiger partial charge >= 0.3 is 0 Å². The summed E-state index contributed by atoms with van der Waals surface area (Å²) in [5.74, 6) is 0. The summed E-state index contributed by atoms with van der Waals surface area (Å²) in [7, 11) is 0. The topological polar surface area (TPSA) is 12.0 Å². The molecule has 94 valence electrons. The molecule has 0 bridgehead atoms. The molecular formula is C16H18ClN. The molecule has 0 fully saturated rings. The molecule has 0 amide bonds. The van der Waals surface area contributed by atoms with E-state index in [1.54, 1.807) is 0 Å². The highest BCUT2D eigenvalue weighted by molar-refractivity contribution is 6.30. The van der Waals surface area contributed by atoms with Crippen LogP contribution in [0, 0.1) is 0 Å². The van der Waals surface area contributed by atoms with Gasteiger partial charge in [-0.15, -0.1) is 0 Å². The van der Waals surface area contributed by atoms with Crippen LogP contribution in [0.5, 0.6) is 0 Å². The Bertz CT molecular complexity index is 464. The number of halogens is 1. The van der Waals surface area contributed by atoms with Crippen molar-refractivity contribution in [2.45, 2.75) is 25.8 Å². The third-order valence-electron chi connectivity index (χ3n) is 3.03. The van der Waals surface area contributed by atoms with Crippen LogP contribution in [0.1, 0.15) is 18.9 Å². The average Bonchev–Trinajstić information content (AvgIpc) is 2.41. The van der Waals surface area contributed by atoms with E-state index in [-0.39, 0.29) is 0 Å². The summed E-state index contributed by atoms with van der Waals surface area (Å²) in [5, 5.41) is 4.32. The predicted molar refractivity (Wildman–Crippen MR) is 79.3 cm³/mol. The Balaban J connectivity index is 1.99. The van der Waals surface area contributed by atoms with Crippen LogP contribution in [0.15, 0.2) is 54.6 Å². The monoisotopic (exact) mass is 259 g/mol. The van der Waals surface area contributed by atoms with Crippen LogP contribution in [-0.2, 0) is 6.42 Å². The molecule has 0 saturated heterocycles. The Kier molecular flexibility index (Phi) is 4.66. The molecular weight excluding hydrogens is 242 g/mol. The first kappa shape index (κ1) is 13.0. The van der Waals surface area contributed by atoms with Crippen molar-refractivity contribution in [1.82, 2.24) is 0 Å². The number of anilines is 1.